The molecule has 2 aromatic heterocycles. The number of fused-ring (bicyclic) bond motifs is 1. The van der Waals surface area contributed by atoms with E-state index in [2.05, 4.69) is 53.3 Å². The third-order valence-corrected chi connectivity index (χ3v) is 5.94. The zero-order chi connectivity index (χ0) is 22.9. The molecule has 0 aliphatic rings. The van der Waals surface area contributed by atoms with Crippen LogP contribution in [-0.4, -0.2) is 31.2 Å². The minimum atomic E-state index is -0.273. The molecule has 0 fully saturated rings. The zero-order valence-corrected chi connectivity index (χ0v) is 19.3. The number of amides is 1. The van der Waals surface area contributed by atoms with Crippen LogP contribution in [0.4, 0.5) is 5.69 Å². The molecule has 0 bridgehead atoms. The van der Waals surface area contributed by atoms with E-state index in [-0.39, 0.29) is 22.6 Å². The van der Waals surface area contributed by atoms with Gasteiger partial charge in [-0.05, 0) is 30.0 Å². The number of thioether (sulfide) groups is 1. The van der Waals surface area contributed by atoms with Crippen LogP contribution in [-0.2, 0) is 10.2 Å². The van der Waals surface area contributed by atoms with Crippen molar-refractivity contribution in [2.75, 3.05) is 11.1 Å². The van der Waals surface area contributed by atoms with Crippen LogP contribution in [0.2, 0.25) is 0 Å². The number of hydrogen-bond acceptors (Lipinski definition) is 5. The summed E-state index contributed by atoms with van der Waals surface area (Å²) in [5.41, 5.74) is 4.15. The molecule has 0 saturated carbocycles. The molecule has 0 radical (unpaired) electrons. The number of carbonyl (C=O) groups is 1. The van der Waals surface area contributed by atoms with Gasteiger partial charge in [-0.25, -0.2) is 14.5 Å². The molecule has 2 aromatic carbocycles. The molecule has 7 nitrogen and oxygen atoms in total. The van der Waals surface area contributed by atoms with Gasteiger partial charge in [-0.3, -0.25) is 14.7 Å². The van der Waals surface area contributed by atoms with Gasteiger partial charge >= 0.3 is 0 Å². The van der Waals surface area contributed by atoms with Crippen LogP contribution in [0.5, 0.6) is 0 Å². The van der Waals surface area contributed by atoms with Gasteiger partial charge in [0.05, 0.1) is 5.75 Å². The second-order valence-corrected chi connectivity index (χ2v) is 9.62. The van der Waals surface area contributed by atoms with Gasteiger partial charge in [0, 0.05) is 17.3 Å². The fourth-order valence-corrected chi connectivity index (χ4v) is 3.94. The van der Waals surface area contributed by atoms with E-state index in [0.29, 0.717) is 16.6 Å². The fraction of sp³-hybridized carbons (Fsp3) is 0.250. The van der Waals surface area contributed by atoms with E-state index < -0.39 is 0 Å². The van der Waals surface area contributed by atoms with Gasteiger partial charge in [0.15, 0.2) is 16.6 Å². The largest absolute Gasteiger partial charge is 0.325 e. The predicted molar refractivity (Wildman–Crippen MR) is 128 cm³/mol. The summed E-state index contributed by atoms with van der Waals surface area (Å²) in [4.78, 5) is 33.5. The highest BCUT2D eigenvalue weighted by molar-refractivity contribution is 7.99. The van der Waals surface area contributed by atoms with Gasteiger partial charge in [0.2, 0.25) is 5.91 Å². The van der Waals surface area contributed by atoms with E-state index in [4.69, 9.17) is 0 Å². The summed E-state index contributed by atoms with van der Waals surface area (Å²) in [7, 11) is 0. The molecule has 0 saturated heterocycles. The van der Waals surface area contributed by atoms with E-state index in [1.54, 1.807) is 0 Å². The molecular formula is C24H25N5O2S. The second kappa shape index (κ2) is 8.63. The Bertz CT molecular complexity index is 1320. The highest BCUT2D eigenvalue weighted by Crippen LogP contribution is 2.26. The molecule has 0 aliphatic carbocycles. The van der Waals surface area contributed by atoms with Gasteiger partial charge in [-0.2, -0.15) is 0 Å². The molecule has 32 heavy (non-hydrogen) atoms. The van der Waals surface area contributed by atoms with Crippen LogP contribution >= 0.6 is 11.8 Å². The van der Waals surface area contributed by atoms with Gasteiger partial charge in [-0.1, -0.05) is 74.5 Å². The lowest BCUT2D eigenvalue weighted by atomic mass is 9.87. The van der Waals surface area contributed by atoms with E-state index >= 15 is 0 Å². The smallest absolute Gasteiger partial charge is 0.266 e. The normalized spacial score (nSPS) is 11.6. The third kappa shape index (κ3) is 4.91. The summed E-state index contributed by atoms with van der Waals surface area (Å²) < 4.78 is 1.51. The predicted octanol–water partition coefficient (Wildman–Crippen LogP) is 4.42. The standard InChI is InChI=1S/C24H25N5O2S/c1-15-5-11-18(12-6-15)25-21(31)14-32-23-27-22(26-19-13-20(30)28-29(19)23)16-7-9-17(10-8-16)24(2,3)4/h5-13H,14H2,1-4H3,(H,25,31)(H,28,30). The van der Waals surface area contributed by atoms with E-state index in [1.807, 2.05) is 43.3 Å². The quantitative estimate of drug-likeness (QED) is 0.442. The number of anilines is 1. The maximum absolute atomic E-state index is 12.4. The number of aromatic amines is 1. The second-order valence-electron chi connectivity index (χ2n) is 8.67. The minimum Gasteiger partial charge on any atom is -0.325 e. The Morgan fingerprint density at radius 1 is 1.06 bits per heavy atom. The number of aromatic nitrogens is 4. The third-order valence-electron chi connectivity index (χ3n) is 5.00. The summed E-state index contributed by atoms with van der Waals surface area (Å²) in [5, 5.41) is 6.06. The Hall–Kier alpha value is -3.39. The first-order valence-corrected chi connectivity index (χ1v) is 11.3. The van der Waals surface area contributed by atoms with Crippen molar-refractivity contribution in [1.29, 1.82) is 0 Å². The molecular weight excluding hydrogens is 422 g/mol. The zero-order valence-electron chi connectivity index (χ0n) is 18.5. The number of nitrogens with zero attached hydrogens (tertiary/aromatic N) is 3. The topological polar surface area (TPSA) is 92.2 Å². The van der Waals surface area contributed by atoms with Crippen molar-refractivity contribution in [3.05, 3.63) is 76.1 Å². The van der Waals surface area contributed by atoms with Crippen LogP contribution in [0.15, 0.2) is 64.5 Å². The first-order valence-electron chi connectivity index (χ1n) is 10.3. The molecule has 1 amide bonds. The Morgan fingerprint density at radius 2 is 1.75 bits per heavy atom. The van der Waals surface area contributed by atoms with Crippen molar-refractivity contribution in [1.82, 2.24) is 19.6 Å². The van der Waals surface area contributed by atoms with Crippen molar-refractivity contribution in [2.24, 2.45) is 0 Å². The van der Waals surface area contributed by atoms with Crippen LogP contribution in [0, 0.1) is 6.92 Å². The average Bonchev–Trinajstić information content (AvgIpc) is 3.13. The number of rotatable bonds is 5. The maximum atomic E-state index is 12.4. The highest BCUT2D eigenvalue weighted by atomic mass is 32.2. The van der Waals surface area contributed by atoms with Gasteiger partial charge in [0.25, 0.3) is 5.56 Å². The van der Waals surface area contributed by atoms with Crippen LogP contribution in [0.25, 0.3) is 17.0 Å². The van der Waals surface area contributed by atoms with Crippen LogP contribution in [0.1, 0.15) is 31.9 Å². The Kier molecular flexibility index (Phi) is 5.88. The van der Waals surface area contributed by atoms with Crippen LogP contribution in [0.3, 0.4) is 0 Å². The summed E-state index contributed by atoms with van der Waals surface area (Å²) >= 11 is 1.24. The molecule has 4 aromatic rings. The first kappa shape index (κ1) is 21.8. The molecule has 0 aliphatic heterocycles. The number of H-pyrrole nitrogens is 1. The molecule has 4 rings (SSSR count). The van der Waals surface area contributed by atoms with E-state index in [0.717, 1.165) is 16.8 Å². The van der Waals surface area contributed by atoms with Gasteiger partial charge in [0.1, 0.15) is 0 Å². The minimum absolute atomic E-state index is 0.0448. The highest BCUT2D eigenvalue weighted by Gasteiger charge is 2.16. The fourth-order valence-electron chi connectivity index (χ4n) is 3.19. The Labute approximate surface area is 190 Å². The van der Waals surface area contributed by atoms with Crippen molar-refractivity contribution in [3.8, 4) is 11.4 Å². The molecule has 0 unspecified atom stereocenters. The molecule has 164 valence electrons. The number of aryl methyl sites for hydroxylation is 1. The van der Waals surface area contributed by atoms with Gasteiger partial charge in [-0.15, -0.1) is 0 Å². The number of benzene rings is 2. The van der Waals surface area contributed by atoms with E-state index in [1.165, 1.54) is 27.9 Å². The summed E-state index contributed by atoms with van der Waals surface area (Å²) in [6, 6.07) is 17.1. The number of hydrogen-bond donors (Lipinski definition) is 2. The monoisotopic (exact) mass is 447 g/mol. The van der Waals surface area contributed by atoms with Crippen LogP contribution < -0.4 is 10.9 Å². The molecule has 8 heteroatoms. The Morgan fingerprint density at radius 3 is 2.41 bits per heavy atom. The molecule has 0 spiro atoms. The maximum Gasteiger partial charge on any atom is 0.266 e. The van der Waals surface area contributed by atoms with Gasteiger partial charge < -0.3 is 5.32 Å². The first-order chi connectivity index (χ1) is 15.2. The summed E-state index contributed by atoms with van der Waals surface area (Å²) in [5.74, 6) is 0.491. The lowest BCUT2D eigenvalue weighted by molar-refractivity contribution is -0.113. The van der Waals surface area contributed by atoms with Crippen molar-refractivity contribution in [3.63, 3.8) is 0 Å². The SMILES string of the molecule is Cc1ccc(NC(=O)CSc2nc(-c3ccc(C(C)(C)C)cc3)nc3cc(=O)[nH]n23)cc1. The molecule has 2 heterocycles. The lowest BCUT2D eigenvalue weighted by Crippen LogP contribution is -2.15. The average molecular weight is 448 g/mol. The summed E-state index contributed by atoms with van der Waals surface area (Å²) in [6.45, 7) is 8.47. The Balaban J connectivity index is 1.59. The lowest BCUT2D eigenvalue weighted by Gasteiger charge is -2.19. The van der Waals surface area contributed by atoms with E-state index in [9.17, 15) is 9.59 Å². The number of nitrogens with one attached hydrogen (secondary N) is 2. The number of carbonyl (C=O) groups excluding carboxylic acids is 1. The molecule has 0 atom stereocenters. The summed E-state index contributed by atoms with van der Waals surface area (Å²) in [6.07, 6.45) is 0. The molecule has 2 N–H and O–H groups in total. The van der Waals surface area contributed by atoms with Crippen molar-refractivity contribution in [2.45, 2.75) is 38.3 Å². The van der Waals surface area contributed by atoms with Crippen molar-refractivity contribution < 1.29 is 4.79 Å². The van der Waals surface area contributed by atoms with Crippen molar-refractivity contribution >= 4 is 29.0 Å².